The zero-order chi connectivity index (χ0) is 29.8. The summed E-state index contributed by atoms with van der Waals surface area (Å²) in [5, 5.41) is 14.4. The Bertz CT molecular complexity index is 1150. The quantitative estimate of drug-likeness (QED) is 0.168. The lowest BCUT2D eigenvalue weighted by atomic mass is 9.92. The number of ether oxygens (including phenoxy) is 1. The molecule has 0 radical (unpaired) electrons. The molecule has 10 nitrogen and oxygen atoms in total. The second-order valence-electron chi connectivity index (χ2n) is 10.9. The molecule has 2 rings (SSSR count). The van der Waals surface area contributed by atoms with Crippen LogP contribution in [0.2, 0.25) is 0 Å². The van der Waals surface area contributed by atoms with Gasteiger partial charge in [-0.1, -0.05) is 64.1 Å². The van der Waals surface area contributed by atoms with E-state index in [-0.39, 0.29) is 24.7 Å². The summed E-state index contributed by atoms with van der Waals surface area (Å²) in [5.41, 5.74) is 9.79. The molecule has 0 bridgehead atoms. The van der Waals surface area contributed by atoms with Gasteiger partial charge in [-0.2, -0.15) is 0 Å². The molecule has 2 unspecified atom stereocenters. The van der Waals surface area contributed by atoms with Gasteiger partial charge in [-0.05, 0) is 53.5 Å². The lowest BCUT2D eigenvalue weighted by molar-refractivity contribution is -0.137. The number of amides is 4. The van der Waals surface area contributed by atoms with Crippen LogP contribution in [0.3, 0.4) is 0 Å². The van der Waals surface area contributed by atoms with E-state index in [2.05, 4.69) is 10.6 Å². The van der Waals surface area contributed by atoms with Crippen molar-refractivity contribution in [3.63, 3.8) is 0 Å². The molecule has 0 aliphatic carbocycles. The molecule has 40 heavy (non-hydrogen) atoms. The van der Waals surface area contributed by atoms with E-state index in [0.29, 0.717) is 12.8 Å². The lowest BCUT2D eigenvalue weighted by Crippen LogP contribution is -2.55. The van der Waals surface area contributed by atoms with Gasteiger partial charge in [-0.25, -0.2) is 5.48 Å². The highest BCUT2D eigenvalue weighted by Crippen LogP contribution is 2.24. The predicted molar refractivity (Wildman–Crippen MR) is 152 cm³/mol. The van der Waals surface area contributed by atoms with Gasteiger partial charge in [0, 0.05) is 18.8 Å². The standard InChI is InChI=1S/C30H42N4O6/c1-18(2)13-23(17-27(35)34-39)29(37)33-26(30(38)32-25(28(31)36)14-19(3)4)15-20-9-11-21(12-10-20)22-7-6-8-24(16-22)40-5/h6-12,16,18-19,23,25-26,39H,13-15,17H2,1-5H3,(H2,31,36)(H,32,38)(H,33,37)(H,34,35)/t23-,25?,26?/m0/s1. The maximum Gasteiger partial charge on any atom is 0.244 e. The number of nitrogens with one attached hydrogen (secondary N) is 3. The second-order valence-corrected chi connectivity index (χ2v) is 10.9. The predicted octanol–water partition coefficient (Wildman–Crippen LogP) is 2.96. The number of primary amides is 1. The number of benzene rings is 2. The molecule has 2 aromatic carbocycles. The second kappa shape index (κ2) is 15.6. The first-order chi connectivity index (χ1) is 18.9. The van der Waals surface area contributed by atoms with Crippen molar-refractivity contribution >= 4 is 23.6 Å². The number of nitrogens with two attached hydrogens (primary N) is 1. The highest BCUT2D eigenvalue weighted by atomic mass is 16.5. The van der Waals surface area contributed by atoms with Crippen LogP contribution < -0.4 is 26.6 Å². The Hall–Kier alpha value is -3.92. The molecule has 0 heterocycles. The molecule has 0 aliphatic rings. The SMILES string of the molecule is COc1cccc(-c2ccc(CC(NC(=O)[C@H](CC(=O)NO)CC(C)C)C(=O)NC(CC(C)C)C(N)=O)cc2)c1. The molecule has 0 saturated heterocycles. The largest absolute Gasteiger partial charge is 0.497 e. The van der Waals surface area contributed by atoms with Crippen molar-refractivity contribution in [3.8, 4) is 16.9 Å². The first-order valence-corrected chi connectivity index (χ1v) is 13.5. The highest BCUT2D eigenvalue weighted by Gasteiger charge is 2.30. The van der Waals surface area contributed by atoms with Crippen LogP contribution in [0.25, 0.3) is 11.1 Å². The fourth-order valence-corrected chi connectivity index (χ4v) is 4.48. The van der Waals surface area contributed by atoms with Gasteiger partial charge in [0.2, 0.25) is 23.6 Å². The number of carbonyl (C=O) groups excluding carboxylic acids is 4. The van der Waals surface area contributed by atoms with Crippen molar-refractivity contribution in [3.05, 3.63) is 54.1 Å². The van der Waals surface area contributed by atoms with Crippen molar-refractivity contribution < 1.29 is 29.1 Å². The third-order valence-corrected chi connectivity index (χ3v) is 6.48. The van der Waals surface area contributed by atoms with Crippen molar-refractivity contribution in [1.82, 2.24) is 16.1 Å². The molecule has 4 amide bonds. The summed E-state index contributed by atoms with van der Waals surface area (Å²) in [6, 6.07) is 13.3. The minimum absolute atomic E-state index is 0.0870. The topological polar surface area (TPSA) is 160 Å². The van der Waals surface area contributed by atoms with Gasteiger partial charge >= 0.3 is 0 Å². The number of hydroxylamine groups is 1. The van der Waals surface area contributed by atoms with Crippen LogP contribution in [0.15, 0.2) is 48.5 Å². The van der Waals surface area contributed by atoms with Crippen molar-refractivity contribution in [2.45, 2.75) is 65.5 Å². The summed E-state index contributed by atoms with van der Waals surface area (Å²) in [7, 11) is 1.60. The summed E-state index contributed by atoms with van der Waals surface area (Å²) < 4.78 is 5.31. The van der Waals surface area contributed by atoms with Crippen LogP contribution in [-0.4, -0.2) is 48.0 Å². The molecule has 0 saturated carbocycles. The molecule has 6 N–H and O–H groups in total. The molecule has 3 atom stereocenters. The average molecular weight is 555 g/mol. The molecular weight excluding hydrogens is 512 g/mol. The van der Waals surface area contributed by atoms with E-state index in [1.165, 1.54) is 0 Å². The van der Waals surface area contributed by atoms with E-state index in [1.807, 2.05) is 76.2 Å². The van der Waals surface area contributed by atoms with Crippen molar-refractivity contribution in [2.24, 2.45) is 23.5 Å². The van der Waals surface area contributed by atoms with E-state index in [4.69, 9.17) is 15.7 Å². The lowest BCUT2D eigenvalue weighted by Gasteiger charge is -2.25. The number of rotatable bonds is 15. The van der Waals surface area contributed by atoms with E-state index in [1.54, 1.807) is 12.6 Å². The smallest absolute Gasteiger partial charge is 0.244 e. The summed E-state index contributed by atoms with van der Waals surface area (Å²) in [5.74, 6) is -2.24. The fraction of sp³-hybridized carbons (Fsp3) is 0.467. The third-order valence-electron chi connectivity index (χ3n) is 6.48. The van der Waals surface area contributed by atoms with E-state index in [9.17, 15) is 19.2 Å². The fourth-order valence-electron chi connectivity index (χ4n) is 4.48. The minimum Gasteiger partial charge on any atom is -0.497 e. The minimum atomic E-state index is -1.03. The molecule has 10 heteroatoms. The van der Waals surface area contributed by atoms with Gasteiger partial charge in [-0.15, -0.1) is 0 Å². The third kappa shape index (κ3) is 10.3. The number of methoxy groups -OCH3 is 1. The van der Waals surface area contributed by atoms with Gasteiger partial charge in [0.25, 0.3) is 0 Å². The first kappa shape index (κ1) is 32.3. The normalized spacial score (nSPS) is 13.3. The Balaban J connectivity index is 2.32. The molecule has 0 spiro atoms. The number of hydrogen-bond acceptors (Lipinski definition) is 6. The molecule has 0 aliphatic heterocycles. The number of hydrogen-bond donors (Lipinski definition) is 5. The summed E-state index contributed by atoms with van der Waals surface area (Å²) in [4.78, 5) is 50.5. The van der Waals surface area contributed by atoms with Gasteiger partial charge < -0.3 is 21.1 Å². The monoisotopic (exact) mass is 554 g/mol. The molecule has 218 valence electrons. The first-order valence-electron chi connectivity index (χ1n) is 13.5. The van der Waals surface area contributed by atoms with Crippen LogP contribution in [0.5, 0.6) is 5.75 Å². The van der Waals surface area contributed by atoms with Gasteiger partial charge in [0.1, 0.15) is 17.8 Å². The van der Waals surface area contributed by atoms with E-state index >= 15 is 0 Å². The van der Waals surface area contributed by atoms with Crippen LogP contribution in [0, 0.1) is 17.8 Å². The maximum atomic E-state index is 13.4. The average Bonchev–Trinajstić information content (AvgIpc) is 2.91. The molecule has 0 fully saturated rings. The van der Waals surface area contributed by atoms with Gasteiger partial charge in [0.05, 0.1) is 7.11 Å². The summed E-state index contributed by atoms with van der Waals surface area (Å²) in [6.07, 6.45) is 0.634. The van der Waals surface area contributed by atoms with E-state index < -0.39 is 41.6 Å². The Kier molecular flexibility index (Phi) is 12.6. The van der Waals surface area contributed by atoms with Crippen LogP contribution in [0.4, 0.5) is 0 Å². The zero-order valence-electron chi connectivity index (χ0n) is 23.9. The van der Waals surface area contributed by atoms with Crippen LogP contribution >= 0.6 is 0 Å². The Morgan fingerprint density at radius 3 is 2.02 bits per heavy atom. The molecule has 0 aromatic heterocycles. The molecule has 2 aromatic rings. The summed E-state index contributed by atoms with van der Waals surface area (Å²) >= 11 is 0. The van der Waals surface area contributed by atoms with Crippen molar-refractivity contribution in [1.29, 1.82) is 0 Å². The Morgan fingerprint density at radius 2 is 1.48 bits per heavy atom. The van der Waals surface area contributed by atoms with Crippen LogP contribution in [0.1, 0.15) is 52.5 Å². The van der Waals surface area contributed by atoms with Crippen LogP contribution in [-0.2, 0) is 25.6 Å². The summed E-state index contributed by atoms with van der Waals surface area (Å²) in [6.45, 7) is 7.64. The highest BCUT2D eigenvalue weighted by molar-refractivity contribution is 5.93. The van der Waals surface area contributed by atoms with Crippen molar-refractivity contribution in [2.75, 3.05) is 7.11 Å². The Labute approximate surface area is 236 Å². The zero-order valence-corrected chi connectivity index (χ0v) is 23.9. The maximum absolute atomic E-state index is 13.4. The van der Waals surface area contributed by atoms with Gasteiger partial charge in [0.15, 0.2) is 0 Å². The van der Waals surface area contributed by atoms with E-state index in [0.717, 1.165) is 22.4 Å². The molecular formula is C30H42N4O6. The van der Waals surface area contributed by atoms with Gasteiger partial charge in [-0.3, -0.25) is 24.4 Å². The number of carbonyl (C=O) groups is 4. The Morgan fingerprint density at radius 1 is 0.850 bits per heavy atom.